The number of carbonyl (C=O) groups excluding carboxylic acids is 1. The van der Waals surface area contributed by atoms with Crippen molar-refractivity contribution in [2.45, 2.75) is 12.8 Å². The molecule has 1 aromatic carbocycles. The van der Waals surface area contributed by atoms with E-state index in [1.54, 1.807) is 6.20 Å². The van der Waals surface area contributed by atoms with Crippen molar-refractivity contribution in [2.75, 3.05) is 0 Å². The highest BCUT2D eigenvalue weighted by atomic mass is 16.1. The van der Waals surface area contributed by atoms with Gasteiger partial charge in [-0.25, -0.2) is 4.98 Å². The minimum Gasteiger partial charge on any atom is -0.334 e. The quantitative estimate of drug-likeness (QED) is 0.731. The van der Waals surface area contributed by atoms with Crippen molar-refractivity contribution < 1.29 is 4.79 Å². The largest absolute Gasteiger partial charge is 0.334 e. The molecule has 0 aliphatic rings. The molecule has 0 saturated heterocycles. The number of rotatable bonds is 4. The Hall–Kier alpha value is -1.90. The van der Waals surface area contributed by atoms with Crippen LogP contribution in [-0.4, -0.2) is 15.8 Å². The third-order valence-corrected chi connectivity index (χ3v) is 2.61. The Morgan fingerprint density at radius 1 is 1.38 bits per heavy atom. The smallest absolute Gasteiger partial charge is 0.139 e. The second kappa shape index (κ2) is 4.75. The molecule has 16 heavy (non-hydrogen) atoms. The first-order valence-corrected chi connectivity index (χ1v) is 5.32. The highest BCUT2D eigenvalue weighted by Gasteiger charge is 2.07. The molecule has 2 rings (SSSR count). The zero-order valence-corrected chi connectivity index (χ0v) is 9.26. The van der Waals surface area contributed by atoms with E-state index in [1.165, 1.54) is 5.56 Å². The minimum atomic E-state index is 0.557. The first kappa shape index (κ1) is 10.6. The summed E-state index contributed by atoms with van der Waals surface area (Å²) in [4.78, 5) is 14.8. The van der Waals surface area contributed by atoms with Crippen molar-refractivity contribution in [3.63, 3.8) is 0 Å². The molecule has 0 unspecified atom stereocenters. The van der Waals surface area contributed by atoms with Gasteiger partial charge in [-0.15, -0.1) is 0 Å². The van der Waals surface area contributed by atoms with Crippen LogP contribution < -0.4 is 0 Å². The lowest BCUT2D eigenvalue weighted by Crippen LogP contribution is -1.96. The van der Waals surface area contributed by atoms with Crippen LogP contribution in [0.25, 0.3) is 11.4 Å². The highest BCUT2D eigenvalue weighted by Crippen LogP contribution is 2.22. The van der Waals surface area contributed by atoms with Gasteiger partial charge in [0.2, 0.25) is 0 Å². The maximum absolute atomic E-state index is 10.4. The Kier molecular flexibility index (Phi) is 3.15. The SMILES string of the molecule is Cn1ccnc1-c1ccccc1CCC=O. The Morgan fingerprint density at radius 2 is 2.19 bits per heavy atom. The summed E-state index contributed by atoms with van der Waals surface area (Å²) in [7, 11) is 1.97. The molecule has 0 amide bonds. The summed E-state index contributed by atoms with van der Waals surface area (Å²) in [6, 6.07) is 8.08. The molecule has 0 aliphatic heterocycles. The van der Waals surface area contributed by atoms with Crippen molar-refractivity contribution in [3.8, 4) is 11.4 Å². The van der Waals surface area contributed by atoms with E-state index < -0.39 is 0 Å². The third-order valence-electron chi connectivity index (χ3n) is 2.61. The van der Waals surface area contributed by atoms with Gasteiger partial charge in [0.15, 0.2) is 0 Å². The van der Waals surface area contributed by atoms with E-state index in [0.29, 0.717) is 6.42 Å². The Bertz CT molecular complexity index is 488. The molecule has 0 aliphatic carbocycles. The molecule has 3 nitrogen and oxygen atoms in total. The normalized spacial score (nSPS) is 10.3. The van der Waals surface area contributed by atoms with E-state index in [1.807, 2.05) is 42.1 Å². The fourth-order valence-corrected chi connectivity index (χ4v) is 1.80. The van der Waals surface area contributed by atoms with Crippen LogP contribution in [0.2, 0.25) is 0 Å². The van der Waals surface area contributed by atoms with Crippen LogP contribution in [0.15, 0.2) is 36.7 Å². The molecule has 3 heteroatoms. The van der Waals surface area contributed by atoms with Gasteiger partial charge in [0, 0.05) is 31.4 Å². The van der Waals surface area contributed by atoms with Gasteiger partial charge in [0.1, 0.15) is 12.1 Å². The molecule has 0 saturated carbocycles. The van der Waals surface area contributed by atoms with Gasteiger partial charge in [-0.05, 0) is 12.0 Å². The minimum absolute atomic E-state index is 0.557. The second-order valence-corrected chi connectivity index (χ2v) is 3.72. The van der Waals surface area contributed by atoms with Gasteiger partial charge >= 0.3 is 0 Å². The Morgan fingerprint density at radius 3 is 2.88 bits per heavy atom. The fraction of sp³-hybridized carbons (Fsp3) is 0.231. The molecule has 0 radical (unpaired) electrons. The molecule has 82 valence electrons. The Labute approximate surface area is 94.7 Å². The lowest BCUT2D eigenvalue weighted by Gasteiger charge is -2.07. The zero-order chi connectivity index (χ0) is 11.4. The van der Waals surface area contributed by atoms with Crippen molar-refractivity contribution in [1.29, 1.82) is 0 Å². The summed E-state index contributed by atoms with van der Waals surface area (Å²) in [5, 5.41) is 0. The monoisotopic (exact) mass is 214 g/mol. The average molecular weight is 214 g/mol. The lowest BCUT2D eigenvalue weighted by molar-refractivity contribution is -0.107. The number of hydrogen-bond acceptors (Lipinski definition) is 2. The van der Waals surface area contributed by atoms with Crippen molar-refractivity contribution in [3.05, 3.63) is 42.2 Å². The predicted octanol–water partition coefficient (Wildman–Crippen LogP) is 2.22. The number of hydrogen-bond donors (Lipinski definition) is 0. The van der Waals surface area contributed by atoms with Gasteiger partial charge in [0.25, 0.3) is 0 Å². The number of aldehydes is 1. The lowest BCUT2D eigenvalue weighted by atomic mass is 10.0. The molecule has 0 atom stereocenters. The number of carbonyl (C=O) groups is 1. The second-order valence-electron chi connectivity index (χ2n) is 3.72. The number of aryl methyl sites for hydroxylation is 2. The summed E-state index contributed by atoms with van der Waals surface area (Å²) in [6.07, 6.45) is 5.99. The number of imidazole rings is 1. The van der Waals surface area contributed by atoms with Crippen LogP contribution in [0.3, 0.4) is 0 Å². The average Bonchev–Trinajstić information content (AvgIpc) is 2.73. The molecular weight excluding hydrogens is 200 g/mol. The number of aromatic nitrogens is 2. The number of benzene rings is 1. The zero-order valence-electron chi connectivity index (χ0n) is 9.26. The first-order chi connectivity index (χ1) is 7.83. The van der Waals surface area contributed by atoms with Crippen LogP contribution in [-0.2, 0) is 18.3 Å². The summed E-state index contributed by atoms with van der Waals surface area (Å²) in [5.74, 6) is 0.946. The fourth-order valence-electron chi connectivity index (χ4n) is 1.80. The van der Waals surface area contributed by atoms with E-state index >= 15 is 0 Å². The molecular formula is C13H14N2O. The van der Waals surface area contributed by atoms with Crippen molar-refractivity contribution in [2.24, 2.45) is 7.05 Å². The van der Waals surface area contributed by atoms with Crippen LogP contribution in [0.1, 0.15) is 12.0 Å². The van der Waals surface area contributed by atoms with Gasteiger partial charge in [0.05, 0.1) is 0 Å². The molecule has 2 aromatic rings. The topological polar surface area (TPSA) is 34.9 Å². The molecule has 0 spiro atoms. The highest BCUT2D eigenvalue weighted by molar-refractivity contribution is 5.62. The van der Waals surface area contributed by atoms with Gasteiger partial charge in [-0.1, -0.05) is 24.3 Å². The maximum atomic E-state index is 10.4. The van der Waals surface area contributed by atoms with E-state index in [4.69, 9.17) is 0 Å². The van der Waals surface area contributed by atoms with Crippen molar-refractivity contribution in [1.82, 2.24) is 9.55 Å². The van der Waals surface area contributed by atoms with Gasteiger partial charge in [-0.3, -0.25) is 0 Å². The van der Waals surface area contributed by atoms with Gasteiger partial charge in [-0.2, -0.15) is 0 Å². The standard InChI is InChI=1S/C13H14N2O/c1-15-9-8-14-13(15)12-7-3-2-5-11(12)6-4-10-16/h2-3,5,7-10H,4,6H2,1H3. The van der Waals surface area contributed by atoms with Gasteiger partial charge < -0.3 is 9.36 Å². The maximum Gasteiger partial charge on any atom is 0.139 e. The number of nitrogens with zero attached hydrogens (tertiary/aromatic N) is 2. The van der Waals surface area contributed by atoms with E-state index in [-0.39, 0.29) is 0 Å². The first-order valence-electron chi connectivity index (χ1n) is 5.32. The van der Waals surface area contributed by atoms with E-state index in [9.17, 15) is 4.79 Å². The summed E-state index contributed by atoms with van der Waals surface area (Å²) in [6.45, 7) is 0. The molecule has 1 aromatic heterocycles. The van der Waals surface area contributed by atoms with Crippen molar-refractivity contribution >= 4 is 6.29 Å². The molecule has 1 heterocycles. The third kappa shape index (κ3) is 2.03. The summed E-state index contributed by atoms with van der Waals surface area (Å²) in [5.41, 5.74) is 2.28. The van der Waals surface area contributed by atoms with Crippen LogP contribution in [0.5, 0.6) is 0 Å². The molecule has 0 bridgehead atoms. The van der Waals surface area contributed by atoms with E-state index in [2.05, 4.69) is 4.98 Å². The van der Waals surface area contributed by atoms with Crippen LogP contribution in [0.4, 0.5) is 0 Å². The molecule has 0 fully saturated rings. The Balaban J connectivity index is 2.40. The van der Waals surface area contributed by atoms with Crippen LogP contribution >= 0.6 is 0 Å². The molecule has 0 N–H and O–H groups in total. The van der Waals surface area contributed by atoms with Crippen LogP contribution in [0, 0.1) is 0 Å². The van der Waals surface area contributed by atoms with E-state index in [0.717, 1.165) is 24.1 Å². The summed E-state index contributed by atoms with van der Waals surface area (Å²) >= 11 is 0. The predicted molar refractivity (Wildman–Crippen MR) is 63.0 cm³/mol. The summed E-state index contributed by atoms with van der Waals surface area (Å²) < 4.78 is 1.99.